The van der Waals surface area contributed by atoms with Crippen molar-refractivity contribution in [2.45, 2.75) is 38.5 Å². The Labute approximate surface area is 151 Å². The van der Waals surface area contributed by atoms with Gasteiger partial charge >= 0.3 is 5.97 Å². The van der Waals surface area contributed by atoms with E-state index in [0.717, 1.165) is 16.9 Å². The highest BCUT2D eigenvalue weighted by Gasteiger charge is 2.28. The molecular weight excluding hydrogens is 338 g/mol. The molecule has 0 aliphatic carbocycles. The molecule has 8 heteroatoms. The molecule has 140 valence electrons. The van der Waals surface area contributed by atoms with Gasteiger partial charge in [0.2, 0.25) is 5.91 Å². The number of carboxylic acids is 1. The van der Waals surface area contributed by atoms with E-state index in [-0.39, 0.29) is 18.6 Å². The van der Waals surface area contributed by atoms with Crippen LogP contribution in [0.1, 0.15) is 18.7 Å². The third-order valence-electron chi connectivity index (χ3n) is 4.48. The van der Waals surface area contributed by atoms with Crippen LogP contribution in [-0.4, -0.2) is 58.5 Å². The summed E-state index contributed by atoms with van der Waals surface area (Å²) >= 11 is 0. The number of benzene rings is 1. The number of fused-ring (bicyclic) bond motifs is 1. The zero-order chi connectivity index (χ0) is 18.5. The van der Waals surface area contributed by atoms with Crippen molar-refractivity contribution < 1.29 is 24.2 Å². The van der Waals surface area contributed by atoms with Gasteiger partial charge in [0.15, 0.2) is 0 Å². The number of hydrogen-bond donors (Lipinski definition) is 2. The average molecular weight is 361 g/mol. The van der Waals surface area contributed by atoms with Crippen molar-refractivity contribution in [2.24, 2.45) is 0 Å². The molecule has 1 fully saturated rings. The molecule has 8 nitrogen and oxygen atoms in total. The second kappa shape index (κ2) is 8.29. The Morgan fingerprint density at radius 1 is 1.42 bits per heavy atom. The van der Waals surface area contributed by atoms with Crippen LogP contribution in [0.15, 0.2) is 24.3 Å². The Balaban J connectivity index is 1.57. The molecule has 0 unspecified atom stereocenters. The maximum atomic E-state index is 12.4. The highest BCUT2D eigenvalue weighted by atomic mass is 16.5. The van der Waals surface area contributed by atoms with Gasteiger partial charge in [0.1, 0.15) is 18.5 Å². The molecule has 2 N–H and O–H groups in total. The molecule has 1 aromatic carbocycles. The standard InChI is InChI=1S/C18H23N3O5/c1-12-19-13-4-2-3-5-15(13)21(12)8-6-17(22)20-14-7-9-25-10-16(14)26-11-18(23)24/h2-5,14,16H,6-11H2,1H3,(H,20,22)(H,23,24)/t14-,16-/m1/s1. The lowest BCUT2D eigenvalue weighted by molar-refractivity contribution is -0.149. The number of hydrogen-bond acceptors (Lipinski definition) is 5. The van der Waals surface area contributed by atoms with E-state index in [9.17, 15) is 9.59 Å². The molecule has 2 heterocycles. The number of para-hydroxylation sites is 2. The molecule has 3 rings (SSSR count). The van der Waals surface area contributed by atoms with Crippen molar-refractivity contribution in [3.8, 4) is 0 Å². The van der Waals surface area contributed by atoms with Crippen molar-refractivity contribution in [1.82, 2.24) is 14.9 Å². The van der Waals surface area contributed by atoms with E-state index in [0.29, 0.717) is 26.0 Å². The number of ether oxygens (including phenoxy) is 2. The molecule has 1 saturated heterocycles. The fourth-order valence-corrected chi connectivity index (χ4v) is 3.19. The van der Waals surface area contributed by atoms with Gasteiger partial charge in [0.25, 0.3) is 0 Å². The summed E-state index contributed by atoms with van der Waals surface area (Å²) in [6.07, 6.45) is 0.465. The maximum absolute atomic E-state index is 12.4. The summed E-state index contributed by atoms with van der Waals surface area (Å²) in [6.45, 7) is 2.85. The lowest BCUT2D eigenvalue weighted by Gasteiger charge is -2.31. The quantitative estimate of drug-likeness (QED) is 0.766. The molecule has 1 aliphatic heterocycles. The third kappa shape index (κ3) is 4.39. The summed E-state index contributed by atoms with van der Waals surface area (Å²) in [5.74, 6) is -0.270. The van der Waals surface area contributed by atoms with E-state index in [1.54, 1.807) is 0 Å². The first-order valence-corrected chi connectivity index (χ1v) is 8.67. The smallest absolute Gasteiger partial charge is 0.329 e. The number of carboxylic acid groups (broad SMARTS) is 1. The predicted molar refractivity (Wildman–Crippen MR) is 93.8 cm³/mol. The maximum Gasteiger partial charge on any atom is 0.329 e. The first-order chi connectivity index (χ1) is 12.5. The Morgan fingerprint density at radius 3 is 3.04 bits per heavy atom. The number of aromatic nitrogens is 2. The van der Waals surface area contributed by atoms with Crippen molar-refractivity contribution >= 4 is 22.9 Å². The average Bonchev–Trinajstić information content (AvgIpc) is 2.94. The van der Waals surface area contributed by atoms with E-state index in [4.69, 9.17) is 14.6 Å². The fourth-order valence-electron chi connectivity index (χ4n) is 3.19. The summed E-state index contributed by atoms with van der Waals surface area (Å²) in [7, 11) is 0. The van der Waals surface area contributed by atoms with Gasteiger partial charge in [-0.05, 0) is 25.5 Å². The summed E-state index contributed by atoms with van der Waals surface area (Å²) in [5, 5.41) is 11.7. The van der Waals surface area contributed by atoms with Crippen LogP contribution in [0.3, 0.4) is 0 Å². The van der Waals surface area contributed by atoms with E-state index >= 15 is 0 Å². The number of imidazole rings is 1. The van der Waals surface area contributed by atoms with Crippen molar-refractivity contribution in [1.29, 1.82) is 0 Å². The first kappa shape index (κ1) is 18.3. The fraction of sp³-hybridized carbons (Fsp3) is 0.500. The number of nitrogens with one attached hydrogen (secondary N) is 1. The highest BCUT2D eigenvalue weighted by Crippen LogP contribution is 2.16. The van der Waals surface area contributed by atoms with Gasteiger partial charge in [-0.1, -0.05) is 12.1 Å². The molecule has 0 spiro atoms. The molecule has 2 aromatic rings. The lowest BCUT2D eigenvalue weighted by atomic mass is 10.1. The topological polar surface area (TPSA) is 103 Å². The first-order valence-electron chi connectivity index (χ1n) is 8.67. The van der Waals surface area contributed by atoms with E-state index in [1.807, 2.05) is 35.8 Å². The van der Waals surface area contributed by atoms with Gasteiger partial charge in [-0.3, -0.25) is 4.79 Å². The number of aliphatic carboxylic acids is 1. The normalized spacial score (nSPS) is 20.2. The van der Waals surface area contributed by atoms with Crippen LogP contribution in [0.2, 0.25) is 0 Å². The Bertz CT molecular complexity index is 788. The monoisotopic (exact) mass is 361 g/mol. The zero-order valence-electron chi connectivity index (χ0n) is 14.7. The van der Waals surface area contributed by atoms with Crippen LogP contribution in [0, 0.1) is 6.92 Å². The van der Waals surface area contributed by atoms with Crippen LogP contribution < -0.4 is 5.32 Å². The Morgan fingerprint density at radius 2 is 2.23 bits per heavy atom. The zero-order valence-corrected chi connectivity index (χ0v) is 14.7. The van der Waals surface area contributed by atoms with Gasteiger partial charge in [-0.25, -0.2) is 9.78 Å². The van der Waals surface area contributed by atoms with E-state index < -0.39 is 18.7 Å². The second-order valence-electron chi connectivity index (χ2n) is 6.33. The van der Waals surface area contributed by atoms with Gasteiger partial charge in [-0.15, -0.1) is 0 Å². The van der Waals surface area contributed by atoms with Crippen LogP contribution in [-0.2, 0) is 25.6 Å². The molecule has 1 amide bonds. The summed E-state index contributed by atoms with van der Waals surface area (Å²) in [6, 6.07) is 7.59. The van der Waals surface area contributed by atoms with Crippen molar-refractivity contribution in [2.75, 3.05) is 19.8 Å². The van der Waals surface area contributed by atoms with Crippen LogP contribution >= 0.6 is 0 Å². The van der Waals surface area contributed by atoms with E-state index in [2.05, 4.69) is 10.3 Å². The SMILES string of the molecule is Cc1nc2ccccc2n1CCC(=O)N[C@@H]1CCOC[C@H]1OCC(=O)O. The number of carbonyl (C=O) groups is 2. The molecule has 1 aromatic heterocycles. The van der Waals surface area contributed by atoms with Gasteiger partial charge in [0, 0.05) is 19.6 Å². The molecule has 2 atom stereocenters. The van der Waals surface area contributed by atoms with Crippen molar-refractivity contribution in [3.63, 3.8) is 0 Å². The van der Waals surface area contributed by atoms with E-state index in [1.165, 1.54) is 0 Å². The van der Waals surface area contributed by atoms with Crippen LogP contribution in [0.4, 0.5) is 0 Å². The molecule has 0 radical (unpaired) electrons. The summed E-state index contributed by atoms with van der Waals surface area (Å²) in [4.78, 5) is 27.6. The number of nitrogens with zero attached hydrogens (tertiary/aromatic N) is 2. The van der Waals surface area contributed by atoms with Gasteiger partial charge in [0.05, 0.1) is 23.7 Å². The van der Waals surface area contributed by atoms with Crippen LogP contribution in [0.25, 0.3) is 11.0 Å². The molecule has 26 heavy (non-hydrogen) atoms. The minimum Gasteiger partial charge on any atom is -0.480 e. The minimum absolute atomic E-state index is 0.0991. The Kier molecular flexibility index (Phi) is 5.85. The summed E-state index contributed by atoms with van der Waals surface area (Å²) < 4.78 is 12.7. The van der Waals surface area contributed by atoms with Gasteiger partial charge < -0.3 is 24.5 Å². The molecule has 0 bridgehead atoms. The number of carbonyl (C=O) groups excluding carboxylic acids is 1. The Hall–Kier alpha value is -2.45. The number of amides is 1. The predicted octanol–water partition coefficient (Wildman–Crippen LogP) is 1.11. The lowest BCUT2D eigenvalue weighted by Crippen LogP contribution is -2.50. The minimum atomic E-state index is -1.04. The van der Waals surface area contributed by atoms with Crippen molar-refractivity contribution in [3.05, 3.63) is 30.1 Å². The molecule has 0 saturated carbocycles. The molecule has 1 aliphatic rings. The van der Waals surface area contributed by atoms with Crippen LogP contribution in [0.5, 0.6) is 0 Å². The van der Waals surface area contributed by atoms with Gasteiger partial charge in [-0.2, -0.15) is 0 Å². The number of aryl methyl sites for hydroxylation is 2. The molecular formula is C18H23N3O5. The third-order valence-corrected chi connectivity index (χ3v) is 4.48. The second-order valence-corrected chi connectivity index (χ2v) is 6.33. The largest absolute Gasteiger partial charge is 0.480 e. The summed E-state index contributed by atoms with van der Waals surface area (Å²) in [5.41, 5.74) is 1.92. The number of rotatable bonds is 7. The highest BCUT2D eigenvalue weighted by molar-refractivity contribution is 5.78.